The fourth-order valence-corrected chi connectivity index (χ4v) is 3.32. The van der Waals surface area contributed by atoms with Crippen LogP contribution in [0.5, 0.6) is 0 Å². The van der Waals surface area contributed by atoms with Gasteiger partial charge in [-0.15, -0.1) is 0 Å². The van der Waals surface area contributed by atoms with Gasteiger partial charge in [0.25, 0.3) is 0 Å². The van der Waals surface area contributed by atoms with E-state index < -0.39 is 0 Å². The highest BCUT2D eigenvalue weighted by Crippen LogP contribution is 2.46. The van der Waals surface area contributed by atoms with Crippen LogP contribution in [0.2, 0.25) is 0 Å². The standard InChI is InChI=1S/C16H20N2O/c19-15-16(9-10-16)17-14(13-7-2-1-3-8-13)18(15)11-12-5-4-6-12/h1-3,7-8,12,14,17H,4-6,9-11H2. The Labute approximate surface area is 114 Å². The minimum Gasteiger partial charge on any atom is -0.321 e. The molecular weight excluding hydrogens is 236 g/mol. The molecular formula is C16H20N2O. The number of hydrogen-bond acceptors (Lipinski definition) is 2. The van der Waals surface area contributed by atoms with Crippen LogP contribution in [-0.4, -0.2) is 22.9 Å². The average molecular weight is 256 g/mol. The van der Waals surface area contributed by atoms with Crippen molar-refractivity contribution >= 4 is 5.91 Å². The van der Waals surface area contributed by atoms with E-state index >= 15 is 0 Å². The van der Waals surface area contributed by atoms with E-state index in [1.165, 1.54) is 24.8 Å². The predicted molar refractivity (Wildman–Crippen MR) is 73.3 cm³/mol. The molecule has 4 rings (SSSR count). The van der Waals surface area contributed by atoms with Crippen molar-refractivity contribution in [3.8, 4) is 0 Å². The SMILES string of the molecule is O=C1N(CC2CCC2)C(c2ccccc2)NC12CC2. The highest BCUT2D eigenvalue weighted by atomic mass is 16.2. The smallest absolute Gasteiger partial charge is 0.244 e. The molecule has 1 atom stereocenters. The molecule has 1 heterocycles. The van der Waals surface area contributed by atoms with Crippen LogP contribution in [0.3, 0.4) is 0 Å². The molecule has 1 amide bonds. The van der Waals surface area contributed by atoms with Gasteiger partial charge in [-0.25, -0.2) is 0 Å². The first-order valence-corrected chi connectivity index (χ1v) is 7.42. The topological polar surface area (TPSA) is 32.3 Å². The Kier molecular flexibility index (Phi) is 2.46. The lowest BCUT2D eigenvalue weighted by Gasteiger charge is -2.33. The third-order valence-corrected chi connectivity index (χ3v) is 4.94. The summed E-state index contributed by atoms with van der Waals surface area (Å²) >= 11 is 0. The van der Waals surface area contributed by atoms with Gasteiger partial charge in [0.15, 0.2) is 0 Å². The van der Waals surface area contributed by atoms with Crippen LogP contribution in [-0.2, 0) is 4.79 Å². The van der Waals surface area contributed by atoms with E-state index in [1.54, 1.807) is 0 Å². The number of rotatable bonds is 3. The van der Waals surface area contributed by atoms with E-state index in [-0.39, 0.29) is 11.7 Å². The summed E-state index contributed by atoms with van der Waals surface area (Å²) in [6.45, 7) is 0.938. The zero-order valence-electron chi connectivity index (χ0n) is 11.1. The third-order valence-electron chi connectivity index (χ3n) is 4.94. The van der Waals surface area contributed by atoms with E-state index in [4.69, 9.17) is 0 Å². The molecule has 0 bridgehead atoms. The van der Waals surface area contributed by atoms with Crippen LogP contribution < -0.4 is 5.32 Å². The summed E-state index contributed by atoms with van der Waals surface area (Å²) in [4.78, 5) is 14.7. The van der Waals surface area contributed by atoms with E-state index in [0.29, 0.717) is 5.91 Å². The largest absolute Gasteiger partial charge is 0.321 e. The fourth-order valence-electron chi connectivity index (χ4n) is 3.32. The van der Waals surface area contributed by atoms with Crippen LogP contribution in [0.25, 0.3) is 0 Å². The van der Waals surface area contributed by atoms with E-state index in [1.807, 2.05) is 6.07 Å². The van der Waals surface area contributed by atoms with Crippen molar-refractivity contribution < 1.29 is 4.79 Å². The molecule has 3 heteroatoms. The van der Waals surface area contributed by atoms with Gasteiger partial charge in [0.1, 0.15) is 11.7 Å². The second kappa shape index (κ2) is 4.07. The van der Waals surface area contributed by atoms with Gasteiger partial charge >= 0.3 is 0 Å². The minimum atomic E-state index is -0.204. The van der Waals surface area contributed by atoms with E-state index in [9.17, 15) is 4.79 Å². The monoisotopic (exact) mass is 256 g/mol. The van der Waals surface area contributed by atoms with Gasteiger partial charge in [-0.2, -0.15) is 0 Å². The van der Waals surface area contributed by atoms with Gasteiger partial charge in [-0.3, -0.25) is 10.1 Å². The maximum Gasteiger partial charge on any atom is 0.244 e. The molecule has 3 aliphatic rings. The Bertz CT molecular complexity index is 491. The molecule has 1 N–H and O–H groups in total. The lowest BCUT2D eigenvalue weighted by atomic mass is 9.85. The second-order valence-electron chi connectivity index (χ2n) is 6.29. The molecule has 0 radical (unpaired) electrons. The molecule has 2 aliphatic carbocycles. The number of hydrogen-bond donors (Lipinski definition) is 1. The Morgan fingerprint density at radius 1 is 1.21 bits per heavy atom. The molecule has 1 aromatic rings. The highest BCUT2D eigenvalue weighted by Gasteiger charge is 2.59. The lowest BCUT2D eigenvalue weighted by Crippen LogP contribution is -2.37. The summed E-state index contributed by atoms with van der Waals surface area (Å²) in [5.41, 5.74) is 1.02. The quantitative estimate of drug-likeness (QED) is 0.901. The van der Waals surface area contributed by atoms with Crippen molar-refractivity contribution in [1.82, 2.24) is 10.2 Å². The van der Waals surface area contributed by atoms with Crippen molar-refractivity contribution in [2.75, 3.05) is 6.54 Å². The van der Waals surface area contributed by atoms with Gasteiger partial charge < -0.3 is 4.90 Å². The molecule has 1 aliphatic heterocycles. The highest BCUT2D eigenvalue weighted by molar-refractivity contribution is 5.92. The Hall–Kier alpha value is -1.35. The predicted octanol–water partition coefficient (Wildman–Crippen LogP) is 2.45. The summed E-state index contributed by atoms with van der Waals surface area (Å²) in [5.74, 6) is 1.07. The van der Waals surface area contributed by atoms with Gasteiger partial charge in [0, 0.05) is 6.54 Å². The van der Waals surface area contributed by atoms with Crippen molar-refractivity contribution in [3.05, 3.63) is 35.9 Å². The number of nitrogens with zero attached hydrogens (tertiary/aromatic N) is 1. The van der Waals surface area contributed by atoms with Gasteiger partial charge in [0.05, 0.1) is 0 Å². The second-order valence-corrected chi connectivity index (χ2v) is 6.29. The first-order chi connectivity index (χ1) is 9.28. The van der Waals surface area contributed by atoms with E-state index in [0.717, 1.165) is 25.3 Å². The molecule has 100 valence electrons. The summed E-state index contributed by atoms with van der Waals surface area (Å²) in [5, 5.41) is 3.59. The molecule has 19 heavy (non-hydrogen) atoms. The maximum absolute atomic E-state index is 12.6. The number of amides is 1. The summed E-state index contributed by atoms with van der Waals surface area (Å²) < 4.78 is 0. The first-order valence-electron chi connectivity index (χ1n) is 7.42. The normalized spacial score (nSPS) is 28.7. The van der Waals surface area contributed by atoms with Crippen LogP contribution in [0, 0.1) is 5.92 Å². The third kappa shape index (κ3) is 1.79. The summed E-state index contributed by atoms with van der Waals surface area (Å²) in [6, 6.07) is 10.4. The molecule has 0 aromatic heterocycles. The van der Waals surface area contributed by atoms with Crippen LogP contribution in [0.15, 0.2) is 30.3 Å². The average Bonchev–Trinajstić information content (AvgIpc) is 3.11. The lowest BCUT2D eigenvalue weighted by molar-refractivity contribution is -0.131. The van der Waals surface area contributed by atoms with Crippen molar-refractivity contribution in [2.24, 2.45) is 5.92 Å². The van der Waals surface area contributed by atoms with Crippen LogP contribution in [0.4, 0.5) is 0 Å². The molecule has 3 nitrogen and oxygen atoms in total. The summed E-state index contributed by atoms with van der Waals surface area (Å²) in [6.07, 6.45) is 6.03. The van der Waals surface area contributed by atoms with Crippen molar-refractivity contribution in [2.45, 2.75) is 43.8 Å². The molecule has 1 aromatic carbocycles. The summed E-state index contributed by atoms with van der Waals surface area (Å²) in [7, 11) is 0. The van der Waals surface area contributed by atoms with E-state index in [2.05, 4.69) is 34.5 Å². The minimum absolute atomic E-state index is 0.0943. The van der Waals surface area contributed by atoms with Crippen LogP contribution in [0.1, 0.15) is 43.8 Å². The van der Waals surface area contributed by atoms with Gasteiger partial charge in [-0.05, 0) is 37.2 Å². The molecule has 1 saturated heterocycles. The Morgan fingerprint density at radius 2 is 1.95 bits per heavy atom. The van der Waals surface area contributed by atoms with Crippen molar-refractivity contribution in [3.63, 3.8) is 0 Å². The molecule has 1 unspecified atom stereocenters. The fraction of sp³-hybridized carbons (Fsp3) is 0.562. The number of carbonyl (C=O) groups excluding carboxylic acids is 1. The number of benzene rings is 1. The molecule has 1 spiro atoms. The Balaban J connectivity index is 1.61. The maximum atomic E-state index is 12.6. The van der Waals surface area contributed by atoms with Gasteiger partial charge in [0.2, 0.25) is 5.91 Å². The number of nitrogens with one attached hydrogen (secondary N) is 1. The van der Waals surface area contributed by atoms with Crippen LogP contribution >= 0.6 is 0 Å². The number of carbonyl (C=O) groups is 1. The van der Waals surface area contributed by atoms with Gasteiger partial charge in [-0.1, -0.05) is 36.8 Å². The first kappa shape index (κ1) is 11.5. The molecule has 3 fully saturated rings. The molecule has 2 saturated carbocycles. The Morgan fingerprint density at radius 3 is 2.53 bits per heavy atom. The zero-order valence-corrected chi connectivity index (χ0v) is 11.1. The zero-order chi connectivity index (χ0) is 12.9. The van der Waals surface area contributed by atoms with Crippen molar-refractivity contribution in [1.29, 1.82) is 0 Å².